The molecule has 0 aliphatic carbocycles. The maximum atomic E-state index is 8.66. The van der Waals surface area contributed by atoms with Gasteiger partial charge in [0.15, 0.2) is 0 Å². The van der Waals surface area contributed by atoms with Gasteiger partial charge in [-0.1, -0.05) is 0 Å². The molecule has 0 aromatic carbocycles. The number of hydrogen-bond donors (Lipinski definition) is 0. The Balaban J connectivity index is 2.17. The molecule has 4 heteroatoms. The third-order valence-electron chi connectivity index (χ3n) is 2.56. The normalized spacial score (nSPS) is 14.2. The number of allylic oxidation sites excluding steroid dienone is 1. The number of thiophene rings is 1. The average Bonchev–Trinajstić information content (AvgIpc) is 2.96. The van der Waals surface area contributed by atoms with E-state index < -0.39 is 0 Å². The summed E-state index contributed by atoms with van der Waals surface area (Å²) in [4.78, 5) is 3.32. The van der Waals surface area contributed by atoms with Gasteiger partial charge in [-0.2, -0.15) is 10.5 Å². The van der Waals surface area contributed by atoms with Crippen molar-refractivity contribution in [2.24, 2.45) is 0 Å². The van der Waals surface area contributed by atoms with E-state index in [1.807, 2.05) is 18.2 Å². The molecule has 3 nitrogen and oxygen atoms in total. The zero-order chi connectivity index (χ0) is 11.4. The fraction of sp³-hybridized carbons (Fsp3) is 0.333. The first-order valence-electron chi connectivity index (χ1n) is 5.20. The first-order chi connectivity index (χ1) is 7.83. The lowest BCUT2D eigenvalue weighted by atomic mass is 10.3. The van der Waals surface area contributed by atoms with Crippen LogP contribution < -0.4 is 4.90 Å². The largest absolute Gasteiger partial charge is 0.363 e. The first-order valence-corrected chi connectivity index (χ1v) is 6.02. The van der Waals surface area contributed by atoms with Crippen LogP contribution in [0.4, 0.5) is 5.00 Å². The van der Waals surface area contributed by atoms with Crippen molar-refractivity contribution >= 4 is 22.4 Å². The number of nitriles is 2. The Labute approximate surface area is 98.8 Å². The van der Waals surface area contributed by atoms with E-state index in [9.17, 15) is 0 Å². The number of anilines is 1. The van der Waals surface area contributed by atoms with Crippen molar-refractivity contribution < 1.29 is 0 Å². The fourth-order valence-corrected chi connectivity index (χ4v) is 2.76. The molecule has 0 unspecified atom stereocenters. The molecule has 1 saturated heterocycles. The van der Waals surface area contributed by atoms with Gasteiger partial charge in [0.1, 0.15) is 17.7 Å². The van der Waals surface area contributed by atoms with Crippen LogP contribution in [0.1, 0.15) is 17.7 Å². The van der Waals surface area contributed by atoms with Gasteiger partial charge < -0.3 is 4.90 Å². The predicted molar refractivity (Wildman–Crippen MR) is 65.0 cm³/mol. The van der Waals surface area contributed by atoms with Crippen LogP contribution in [-0.4, -0.2) is 13.1 Å². The van der Waals surface area contributed by atoms with Crippen LogP contribution in [0.25, 0.3) is 6.08 Å². The van der Waals surface area contributed by atoms with E-state index in [4.69, 9.17) is 10.5 Å². The molecule has 1 aliphatic rings. The van der Waals surface area contributed by atoms with Crippen LogP contribution >= 0.6 is 11.3 Å². The van der Waals surface area contributed by atoms with Crippen LogP contribution in [-0.2, 0) is 0 Å². The van der Waals surface area contributed by atoms with Gasteiger partial charge in [0.25, 0.3) is 0 Å². The van der Waals surface area contributed by atoms with E-state index in [-0.39, 0.29) is 5.57 Å². The Bertz CT molecular complexity index is 465. The van der Waals surface area contributed by atoms with Gasteiger partial charge >= 0.3 is 0 Å². The Hall–Kier alpha value is -1.78. The molecule has 1 fully saturated rings. The highest BCUT2D eigenvalue weighted by Crippen LogP contribution is 2.29. The summed E-state index contributed by atoms with van der Waals surface area (Å²) in [6.45, 7) is 2.24. The Kier molecular flexibility index (Phi) is 3.24. The van der Waals surface area contributed by atoms with Crippen molar-refractivity contribution in [1.82, 2.24) is 0 Å². The summed E-state index contributed by atoms with van der Waals surface area (Å²) in [6.07, 6.45) is 4.15. The molecule has 1 aromatic heterocycles. The number of rotatable bonds is 2. The molecule has 0 saturated carbocycles. The minimum Gasteiger partial charge on any atom is -0.363 e. The smallest absolute Gasteiger partial charge is 0.131 e. The van der Waals surface area contributed by atoms with Gasteiger partial charge in [-0.15, -0.1) is 11.3 Å². The van der Waals surface area contributed by atoms with Crippen molar-refractivity contribution in [3.8, 4) is 12.1 Å². The summed E-state index contributed by atoms with van der Waals surface area (Å²) in [5.41, 5.74) is 0.162. The third-order valence-corrected chi connectivity index (χ3v) is 3.65. The second-order valence-corrected chi connectivity index (χ2v) is 4.75. The van der Waals surface area contributed by atoms with Crippen LogP contribution in [0.2, 0.25) is 0 Å². The average molecular weight is 229 g/mol. The molecule has 0 bridgehead atoms. The molecule has 16 heavy (non-hydrogen) atoms. The standard InChI is InChI=1S/C12H11N3S/c13-8-10(9-14)7-11-3-4-12(16-11)15-5-1-2-6-15/h3-4,7H,1-2,5-6H2. The summed E-state index contributed by atoms with van der Waals surface area (Å²) >= 11 is 1.64. The minimum atomic E-state index is 0.162. The molecule has 2 heterocycles. The number of hydrogen-bond acceptors (Lipinski definition) is 4. The maximum absolute atomic E-state index is 8.66. The third kappa shape index (κ3) is 2.24. The quantitative estimate of drug-likeness (QED) is 0.733. The second kappa shape index (κ2) is 4.83. The van der Waals surface area contributed by atoms with Crippen molar-refractivity contribution in [1.29, 1.82) is 10.5 Å². The summed E-state index contributed by atoms with van der Waals surface area (Å²) in [5.74, 6) is 0. The van der Waals surface area contributed by atoms with Crippen LogP contribution in [0.3, 0.4) is 0 Å². The van der Waals surface area contributed by atoms with Crippen LogP contribution in [0.15, 0.2) is 17.7 Å². The van der Waals surface area contributed by atoms with Gasteiger partial charge in [-0.25, -0.2) is 0 Å². The summed E-state index contributed by atoms with van der Waals surface area (Å²) in [5, 5.41) is 18.6. The molecule has 0 atom stereocenters. The zero-order valence-corrected chi connectivity index (χ0v) is 9.63. The predicted octanol–water partition coefficient (Wildman–Crippen LogP) is 2.78. The molecule has 0 amide bonds. The van der Waals surface area contributed by atoms with E-state index in [0.29, 0.717) is 0 Å². The highest BCUT2D eigenvalue weighted by molar-refractivity contribution is 7.16. The molecule has 80 valence electrons. The van der Waals surface area contributed by atoms with Crippen LogP contribution in [0.5, 0.6) is 0 Å². The molecule has 2 rings (SSSR count). The monoisotopic (exact) mass is 229 g/mol. The van der Waals surface area contributed by atoms with Gasteiger partial charge in [0.05, 0.1) is 5.00 Å². The highest BCUT2D eigenvalue weighted by atomic mass is 32.1. The molecular weight excluding hydrogens is 218 g/mol. The van der Waals surface area contributed by atoms with Crippen molar-refractivity contribution in [3.05, 3.63) is 22.6 Å². The SMILES string of the molecule is N#CC(C#N)=Cc1ccc(N2CCCC2)s1. The van der Waals surface area contributed by atoms with E-state index in [1.54, 1.807) is 17.4 Å². The van der Waals surface area contributed by atoms with Crippen LogP contribution in [0, 0.1) is 22.7 Å². The topological polar surface area (TPSA) is 50.8 Å². The fourth-order valence-electron chi connectivity index (χ4n) is 1.76. The second-order valence-electron chi connectivity index (χ2n) is 3.65. The molecule has 1 aromatic rings. The maximum Gasteiger partial charge on any atom is 0.131 e. The number of nitrogens with zero attached hydrogens (tertiary/aromatic N) is 3. The van der Waals surface area contributed by atoms with Gasteiger partial charge in [-0.3, -0.25) is 0 Å². The lowest BCUT2D eigenvalue weighted by Crippen LogP contribution is -2.15. The van der Waals surface area contributed by atoms with E-state index in [0.717, 1.165) is 18.0 Å². The van der Waals surface area contributed by atoms with E-state index in [1.165, 1.54) is 17.8 Å². The van der Waals surface area contributed by atoms with Gasteiger partial charge in [0, 0.05) is 18.0 Å². The zero-order valence-electron chi connectivity index (χ0n) is 8.81. The van der Waals surface area contributed by atoms with Gasteiger partial charge in [-0.05, 0) is 31.1 Å². The first kappa shape index (κ1) is 10.7. The Morgan fingerprint density at radius 2 is 1.94 bits per heavy atom. The molecule has 1 aliphatic heterocycles. The van der Waals surface area contributed by atoms with Gasteiger partial charge in [0.2, 0.25) is 0 Å². The molecule has 0 N–H and O–H groups in total. The minimum absolute atomic E-state index is 0.162. The molecular formula is C12H11N3S. The lowest BCUT2D eigenvalue weighted by Gasteiger charge is -2.13. The summed E-state index contributed by atoms with van der Waals surface area (Å²) in [7, 11) is 0. The van der Waals surface area contributed by atoms with Crippen molar-refractivity contribution in [2.75, 3.05) is 18.0 Å². The lowest BCUT2D eigenvalue weighted by molar-refractivity contribution is 0.949. The summed E-state index contributed by atoms with van der Waals surface area (Å²) < 4.78 is 0. The van der Waals surface area contributed by atoms with E-state index in [2.05, 4.69) is 11.0 Å². The summed E-state index contributed by atoms with van der Waals surface area (Å²) in [6, 6.07) is 7.77. The Morgan fingerprint density at radius 3 is 2.56 bits per heavy atom. The van der Waals surface area contributed by atoms with Crippen molar-refractivity contribution in [2.45, 2.75) is 12.8 Å². The van der Waals surface area contributed by atoms with Crippen molar-refractivity contribution in [3.63, 3.8) is 0 Å². The van der Waals surface area contributed by atoms with E-state index >= 15 is 0 Å². The molecule has 0 spiro atoms. The molecule has 0 radical (unpaired) electrons. The highest BCUT2D eigenvalue weighted by Gasteiger charge is 2.13. The Morgan fingerprint density at radius 1 is 1.25 bits per heavy atom.